The number of amides is 1. The highest BCUT2D eigenvalue weighted by atomic mass is 32.2. The van der Waals surface area contributed by atoms with Crippen LogP contribution in [0.1, 0.15) is 25.7 Å². The molecular formula is C15H20N2O2S. The summed E-state index contributed by atoms with van der Waals surface area (Å²) < 4.78 is 0. The van der Waals surface area contributed by atoms with E-state index in [1.807, 2.05) is 12.1 Å². The Labute approximate surface area is 123 Å². The van der Waals surface area contributed by atoms with Gasteiger partial charge in [0.05, 0.1) is 5.75 Å². The fourth-order valence-corrected chi connectivity index (χ4v) is 3.85. The molecule has 0 radical (unpaired) electrons. The fourth-order valence-electron chi connectivity index (χ4n) is 3.14. The molecule has 0 aromatic heterocycles. The number of benzene rings is 1. The average molecular weight is 292 g/mol. The highest BCUT2D eigenvalue weighted by Crippen LogP contribution is 2.27. The number of hydrogen-bond donors (Lipinski definition) is 3. The van der Waals surface area contributed by atoms with Crippen LogP contribution in [0.15, 0.2) is 29.2 Å². The summed E-state index contributed by atoms with van der Waals surface area (Å²) in [5.74, 6) is 0.794. The Morgan fingerprint density at radius 3 is 2.55 bits per heavy atom. The van der Waals surface area contributed by atoms with Gasteiger partial charge in [-0.15, -0.1) is 11.8 Å². The Hall–Kier alpha value is -1.20. The monoisotopic (exact) mass is 292 g/mol. The van der Waals surface area contributed by atoms with Crippen molar-refractivity contribution in [2.24, 2.45) is 0 Å². The van der Waals surface area contributed by atoms with Gasteiger partial charge in [-0.05, 0) is 49.9 Å². The Balaban J connectivity index is 1.44. The number of phenols is 1. The number of hydrogen-bond acceptors (Lipinski definition) is 4. The first kappa shape index (κ1) is 13.8. The summed E-state index contributed by atoms with van der Waals surface area (Å²) in [5.41, 5.74) is 0. The van der Waals surface area contributed by atoms with Crippen molar-refractivity contribution in [3.8, 4) is 5.75 Å². The normalized spacial score (nSPS) is 28.3. The number of fused-ring (bicyclic) bond motifs is 2. The van der Waals surface area contributed by atoms with Crippen LogP contribution >= 0.6 is 11.8 Å². The van der Waals surface area contributed by atoms with E-state index in [4.69, 9.17) is 0 Å². The standard InChI is InChI=1S/C15H20N2O2S/c18-13-3-5-14(6-4-13)20-9-15(19)17-12-7-10-1-2-11(8-12)16-10/h3-6,10-12,16,18H,1-2,7-9H2,(H,17,19). The fraction of sp³-hybridized carbons (Fsp3) is 0.533. The molecule has 2 aliphatic heterocycles. The largest absolute Gasteiger partial charge is 0.508 e. The first-order chi connectivity index (χ1) is 9.69. The van der Waals surface area contributed by atoms with E-state index in [1.165, 1.54) is 24.6 Å². The Bertz CT molecular complexity index is 465. The van der Waals surface area contributed by atoms with Gasteiger partial charge in [-0.3, -0.25) is 4.79 Å². The van der Waals surface area contributed by atoms with Crippen LogP contribution in [0.3, 0.4) is 0 Å². The van der Waals surface area contributed by atoms with Crippen molar-refractivity contribution in [3.05, 3.63) is 24.3 Å². The van der Waals surface area contributed by atoms with Crippen molar-refractivity contribution < 1.29 is 9.90 Å². The highest BCUT2D eigenvalue weighted by Gasteiger charge is 2.33. The van der Waals surface area contributed by atoms with Crippen molar-refractivity contribution in [1.82, 2.24) is 10.6 Å². The lowest BCUT2D eigenvalue weighted by molar-refractivity contribution is -0.119. The lowest BCUT2D eigenvalue weighted by atomic mass is 10.00. The molecule has 2 aliphatic rings. The molecule has 2 unspecified atom stereocenters. The van der Waals surface area contributed by atoms with Crippen molar-refractivity contribution in [1.29, 1.82) is 0 Å². The molecule has 0 saturated carbocycles. The smallest absolute Gasteiger partial charge is 0.230 e. The molecule has 0 spiro atoms. The van der Waals surface area contributed by atoms with Gasteiger partial charge in [0.2, 0.25) is 5.91 Å². The van der Waals surface area contributed by atoms with Gasteiger partial charge in [0.1, 0.15) is 5.75 Å². The maximum absolute atomic E-state index is 12.0. The maximum atomic E-state index is 12.0. The number of carbonyl (C=O) groups excluding carboxylic acids is 1. The average Bonchev–Trinajstić information content (AvgIpc) is 2.77. The first-order valence-corrected chi connectivity index (χ1v) is 8.15. The second kappa shape index (κ2) is 6.06. The Kier molecular flexibility index (Phi) is 4.17. The van der Waals surface area contributed by atoms with Crippen LogP contribution < -0.4 is 10.6 Å². The van der Waals surface area contributed by atoms with E-state index in [0.717, 1.165) is 17.7 Å². The number of rotatable bonds is 4. The minimum atomic E-state index is 0.106. The summed E-state index contributed by atoms with van der Waals surface area (Å²) >= 11 is 1.50. The minimum absolute atomic E-state index is 0.106. The van der Waals surface area contributed by atoms with E-state index in [2.05, 4.69) is 10.6 Å². The van der Waals surface area contributed by atoms with E-state index in [9.17, 15) is 9.90 Å². The molecule has 2 fully saturated rings. The van der Waals surface area contributed by atoms with Gasteiger partial charge in [0.25, 0.3) is 0 Å². The third-order valence-corrected chi connectivity index (χ3v) is 5.06. The topological polar surface area (TPSA) is 61.4 Å². The number of carbonyl (C=O) groups is 1. The molecule has 1 aromatic carbocycles. The number of thioether (sulfide) groups is 1. The van der Waals surface area contributed by atoms with Crippen molar-refractivity contribution in [2.75, 3.05) is 5.75 Å². The summed E-state index contributed by atoms with van der Waals surface area (Å²) in [4.78, 5) is 13.0. The Morgan fingerprint density at radius 2 is 1.90 bits per heavy atom. The Morgan fingerprint density at radius 1 is 1.25 bits per heavy atom. The van der Waals surface area contributed by atoms with E-state index in [-0.39, 0.29) is 11.7 Å². The van der Waals surface area contributed by atoms with Gasteiger partial charge >= 0.3 is 0 Å². The van der Waals surface area contributed by atoms with Gasteiger partial charge in [0, 0.05) is 23.0 Å². The predicted octanol–water partition coefficient (Wildman–Crippen LogP) is 1.88. The minimum Gasteiger partial charge on any atom is -0.508 e. The van der Waals surface area contributed by atoms with Gasteiger partial charge in [-0.25, -0.2) is 0 Å². The molecule has 2 atom stereocenters. The lowest BCUT2D eigenvalue weighted by Crippen LogP contribution is -2.48. The first-order valence-electron chi connectivity index (χ1n) is 7.16. The lowest BCUT2D eigenvalue weighted by Gasteiger charge is -2.29. The molecule has 2 saturated heterocycles. The molecule has 108 valence electrons. The summed E-state index contributed by atoms with van der Waals surface area (Å²) in [6.07, 6.45) is 4.62. The number of phenolic OH excluding ortho intramolecular Hbond substituents is 1. The van der Waals surface area contributed by atoms with Crippen molar-refractivity contribution in [3.63, 3.8) is 0 Å². The van der Waals surface area contributed by atoms with Crippen LogP contribution in [0, 0.1) is 0 Å². The molecule has 4 nitrogen and oxygen atoms in total. The van der Waals surface area contributed by atoms with Crippen LogP contribution in [0.25, 0.3) is 0 Å². The zero-order valence-electron chi connectivity index (χ0n) is 11.3. The molecule has 2 heterocycles. The molecule has 0 aliphatic carbocycles. The van der Waals surface area contributed by atoms with E-state index in [0.29, 0.717) is 23.9 Å². The number of aromatic hydroxyl groups is 1. The van der Waals surface area contributed by atoms with E-state index in [1.54, 1.807) is 12.1 Å². The zero-order valence-corrected chi connectivity index (χ0v) is 12.2. The molecule has 1 aromatic rings. The third-order valence-electron chi connectivity index (χ3n) is 4.04. The van der Waals surface area contributed by atoms with Crippen LogP contribution in [0.2, 0.25) is 0 Å². The maximum Gasteiger partial charge on any atom is 0.230 e. The number of nitrogens with one attached hydrogen (secondary N) is 2. The summed E-state index contributed by atoms with van der Waals surface area (Å²) in [5, 5.41) is 15.9. The van der Waals surface area contributed by atoms with Crippen LogP contribution in [0.5, 0.6) is 5.75 Å². The zero-order chi connectivity index (χ0) is 13.9. The third kappa shape index (κ3) is 3.46. The van der Waals surface area contributed by atoms with Gasteiger partial charge in [-0.2, -0.15) is 0 Å². The quantitative estimate of drug-likeness (QED) is 0.742. The second-order valence-electron chi connectivity index (χ2n) is 5.66. The number of piperidine rings is 1. The van der Waals surface area contributed by atoms with E-state index >= 15 is 0 Å². The van der Waals surface area contributed by atoms with Gasteiger partial charge < -0.3 is 15.7 Å². The van der Waals surface area contributed by atoms with Crippen molar-refractivity contribution in [2.45, 2.75) is 48.7 Å². The molecule has 2 bridgehead atoms. The molecule has 1 amide bonds. The highest BCUT2D eigenvalue weighted by molar-refractivity contribution is 8.00. The van der Waals surface area contributed by atoms with Crippen LogP contribution in [0.4, 0.5) is 0 Å². The van der Waals surface area contributed by atoms with Crippen LogP contribution in [-0.4, -0.2) is 34.9 Å². The van der Waals surface area contributed by atoms with Gasteiger partial charge in [-0.1, -0.05) is 0 Å². The predicted molar refractivity (Wildman–Crippen MR) is 79.9 cm³/mol. The SMILES string of the molecule is O=C(CSc1ccc(O)cc1)NC1CC2CCC(C1)N2. The molecule has 3 N–H and O–H groups in total. The van der Waals surface area contributed by atoms with Gasteiger partial charge in [0.15, 0.2) is 0 Å². The molecule has 3 rings (SSSR count). The van der Waals surface area contributed by atoms with Crippen molar-refractivity contribution >= 4 is 17.7 Å². The molecule has 20 heavy (non-hydrogen) atoms. The summed E-state index contributed by atoms with van der Waals surface area (Å²) in [6, 6.07) is 8.49. The van der Waals surface area contributed by atoms with Crippen LogP contribution in [-0.2, 0) is 4.79 Å². The molecule has 5 heteroatoms. The summed E-state index contributed by atoms with van der Waals surface area (Å²) in [6.45, 7) is 0. The summed E-state index contributed by atoms with van der Waals surface area (Å²) in [7, 11) is 0. The van der Waals surface area contributed by atoms with E-state index < -0.39 is 0 Å². The second-order valence-corrected chi connectivity index (χ2v) is 6.71. The molecular weight excluding hydrogens is 272 g/mol.